The lowest BCUT2D eigenvalue weighted by molar-refractivity contribution is 0.361. The van der Waals surface area contributed by atoms with E-state index >= 15 is 0 Å². The Morgan fingerprint density at radius 3 is 2.50 bits per heavy atom. The molecule has 0 aromatic heterocycles. The van der Waals surface area contributed by atoms with E-state index in [1.807, 2.05) is 20.8 Å². The molecule has 1 rings (SSSR count). The SMILES string of the molecule is CCNC(C)(C)c1cccc(O)c1O. The molecule has 3 heteroatoms. The van der Waals surface area contributed by atoms with E-state index < -0.39 is 0 Å². The van der Waals surface area contributed by atoms with Crippen LogP contribution in [0.2, 0.25) is 0 Å². The highest BCUT2D eigenvalue weighted by Crippen LogP contribution is 2.35. The Kier molecular flexibility index (Phi) is 3.01. The number of hydrogen-bond donors (Lipinski definition) is 3. The van der Waals surface area contributed by atoms with Crippen LogP contribution < -0.4 is 5.32 Å². The summed E-state index contributed by atoms with van der Waals surface area (Å²) in [5.41, 5.74) is 0.372. The van der Waals surface area contributed by atoms with E-state index in [2.05, 4.69) is 5.32 Å². The fourth-order valence-electron chi connectivity index (χ4n) is 1.57. The maximum atomic E-state index is 9.67. The van der Waals surface area contributed by atoms with Crippen LogP contribution in [0.3, 0.4) is 0 Å². The van der Waals surface area contributed by atoms with Gasteiger partial charge in [-0.05, 0) is 26.5 Å². The first-order valence-electron chi connectivity index (χ1n) is 4.75. The molecule has 3 nitrogen and oxygen atoms in total. The first-order valence-corrected chi connectivity index (χ1v) is 4.75. The summed E-state index contributed by atoms with van der Waals surface area (Å²) in [7, 11) is 0. The molecule has 0 atom stereocenters. The lowest BCUT2D eigenvalue weighted by Crippen LogP contribution is -2.36. The van der Waals surface area contributed by atoms with Crippen LogP contribution >= 0.6 is 0 Å². The van der Waals surface area contributed by atoms with Crippen molar-refractivity contribution in [2.24, 2.45) is 0 Å². The van der Waals surface area contributed by atoms with E-state index in [1.165, 1.54) is 6.07 Å². The van der Waals surface area contributed by atoms with Crippen LogP contribution in [0.15, 0.2) is 18.2 Å². The van der Waals surface area contributed by atoms with Gasteiger partial charge in [0, 0.05) is 11.1 Å². The highest BCUT2D eigenvalue weighted by Gasteiger charge is 2.23. The summed E-state index contributed by atoms with van der Waals surface area (Å²) in [4.78, 5) is 0. The van der Waals surface area contributed by atoms with Crippen molar-refractivity contribution in [1.82, 2.24) is 5.32 Å². The monoisotopic (exact) mass is 195 g/mol. The second-order valence-corrected chi connectivity index (χ2v) is 3.83. The van der Waals surface area contributed by atoms with Gasteiger partial charge >= 0.3 is 0 Å². The van der Waals surface area contributed by atoms with Crippen molar-refractivity contribution in [3.8, 4) is 11.5 Å². The second kappa shape index (κ2) is 3.88. The predicted octanol–water partition coefficient (Wildman–Crippen LogP) is 1.94. The van der Waals surface area contributed by atoms with Gasteiger partial charge in [0.05, 0.1) is 0 Å². The molecule has 0 spiro atoms. The van der Waals surface area contributed by atoms with E-state index in [9.17, 15) is 10.2 Å². The maximum Gasteiger partial charge on any atom is 0.162 e. The van der Waals surface area contributed by atoms with Crippen molar-refractivity contribution in [3.63, 3.8) is 0 Å². The minimum atomic E-state index is -0.336. The third-order valence-electron chi connectivity index (χ3n) is 2.31. The predicted molar refractivity (Wildman–Crippen MR) is 56.5 cm³/mol. The lowest BCUT2D eigenvalue weighted by atomic mass is 9.93. The van der Waals surface area contributed by atoms with E-state index in [4.69, 9.17) is 0 Å². The normalized spacial score (nSPS) is 11.6. The number of para-hydroxylation sites is 1. The fraction of sp³-hybridized carbons (Fsp3) is 0.455. The molecule has 78 valence electrons. The minimum Gasteiger partial charge on any atom is -0.504 e. The molecular weight excluding hydrogens is 178 g/mol. The Hall–Kier alpha value is -1.22. The van der Waals surface area contributed by atoms with Crippen molar-refractivity contribution in [2.45, 2.75) is 26.3 Å². The number of benzene rings is 1. The number of rotatable bonds is 3. The van der Waals surface area contributed by atoms with Gasteiger partial charge in [-0.1, -0.05) is 19.1 Å². The van der Waals surface area contributed by atoms with Crippen LogP contribution in [-0.2, 0) is 5.54 Å². The van der Waals surface area contributed by atoms with Gasteiger partial charge in [0.2, 0.25) is 0 Å². The van der Waals surface area contributed by atoms with Gasteiger partial charge in [-0.15, -0.1) is 0 Å². The zero-order valence-corrected chi connectivity index (χ0v) is 8.83. The average molecular weight is 195 g/mol. The average Bonchev–Trinajstić information content (AvgIpc) is 2.09. The highest BCUT2D eigenvalue weighted by molar-refractivity contribution is 5.47. The summed E-state index contributed by atoms with van der Waals surface area (Å²) < 4.78 is 0. The summed E-state index contributed by atoms with van der Waals surface area (Å²) >= 11 is 0. The zero-order chi connectivity index (χ0) is 10.8. The summed E-state index contributed by atoms with van der Waals surface area (Å²) in [6.07, 6.45) is 0. The van der Waals surface area contributed by atoms with Gasteiger partial charge in [-0.2, -0.15) is 0 Å². The Balaban J connectivity index is 3.12. The maximum absolute atomic E-state index is 9.67. The molecule has 1 aromatic rings. The standard InChI is InChI=1S/C11H17NO2/c1-4-12-11(2,3)8-6-5-7-9(13)10(8)14/h5-7,12-14H,4H2,1-3H3. The lowest BCUT2D eigenvalue weighted by Gasteiger charge is -2.27. The van der Waals surface area contributed by atoms with Crippen LogP contribution in [-0.4, -0.2) is 16.8 Å². The molecule has 1 aromatic carbocycles. The van der Waals surface area contributed by atoms with Crippen molar-refractivity contribution in [1.29, 1.82) is 0 Å². The third-order valence-corrected chi connectivity index (χ3v) is 2.31. The van der Waals surface area contributed by atoms with Crippen molar-refractivity contribution in [2.75, 3.05) is 6.54 Å². The molecule has 0 radical (unpaired) electrons. The molecule has 0 bridgehead atoms. The minimum absolute atomic E-state index is 0.0431. The van der Waals surface area contributed by atoms with Crippen LogP contribution in [0.4, 0.5) is 0 Å². The zero-order valence-electron chi connectivity index (χ0n) is 8.83. The number of phenolic OH excluding ortho intramolecular Hbond substituents is 2. The largest absolute Gasteiger partial charge is 0.504 e. The first-order chi connectivity index (χ1) is 6.49. The van der Waals surface area contributed by atoms with Crippen molar-refractivity contribution in [3.05, 3.63) is 23.8 Å². The van der Waals surface area contributed by atoms with Crippen LogP contribution in [0.1, 0.15) is 26.3 Å². The molecule has 0 aliphatic carbocycles. The number of aromatic hydroxyl groups is 2. The van der Waals surface area contributed by atoms with E-state index in [-0.39, 0.29) is 17.0 Å². The molecule has 0 unspecified atom stereocenters. The van der Waals surface area contributed by atoms with E-state index in [0.29, 0.717) is 5.56 Å². The molecule has 0 amide bonds. The Labute approximate surface area is 84.4 Å². The molecule has 0 aliphatic heterocycles. The molecule has 0 fully saturated rings. The van der Waals surface area contributed by atoms with Gasteiger partial charge in [-0.25, -0.2) is 0 Å². The molecule has 0 saturated carbocycles. The van der Waals surface area contributed by atoms with Crippen LogP contribution in [0, 0.1) is 0 Å². The molecule has 14 heavy (non-hydrogen) atoms. The number of nitrogens with one attached hydrogen (secondary N) is 1. The topological polar surface area (TPSA) is 52.5 Å². The summed E-state index contributed by atoms with van der Waals surface area (Å²) in [6, 6.07) is 5.00. The summed E-state index contributed by atoms with van der Waals surface area (Å²) in [6.45, 7) is 6.74. The molecule has 0 heterocycles. The quantitative estimate of drug-likeness (QED) is 0.646. The Bertz CT molecular complexity index is 321. The fourth-order valence-corrected chi connectivity index (χ4v) is 1.57. The number of hydrogen-bond acceptors (Lipinski definition) is 3. The smallest absolute Gasteiger partial charge is 0.162 e. The first kappa shape index (κ1) is 10.9. The Morgan fingerprint density at radius 2 is 1.93 bits per heavy atom. The molecular formula is C11H17NO2. The summed E-state index contributed by atoms with van der Waals surface area (Å²) in [5, 5.41) is 22.3. The summed E-state index contributed by atoms with van der Waals surface area (Å²) in [5.74, 6) is -0.119. The van der Waals surface area contributed by atoms with Crippen molar-refractivity contribution >= 4 is 0 Å². The highest BCUT2D eigenvalue weighted by atomic mass is 16.3. The van der Waals surface area contributed by atoms with Gasteiger partial charge in [-0.3, -0.25) is 0 Å². The second-order valence-electron chi connectivity index (χ2n) is 3.83. The van der Waals surface area contributed by atoms with Crippen LogP contribution in [0.25, 0.3) is 0 Å². The van der Waals surface area contributed by atoms with Gasteiger partial charge < -0.3 is 15.5 Å². The number of phenols is 2. The molecule has 0 saturated heterocycles. The van der Waals surface area contributed by atoms with Gasteiger partial charge in [0.1, 0.15) is 0 Å². The van der Waals surface area contributed by atoms with Crippen molar-refractivity contribution < 1.29 is 10.2 Å². The van der Waals surface area contributed by atoms with E-state index in [0.717, 1.165) is 6.54 Å². The van der Waals surface area contributed by atoms with Gasteiger partial charge in [0.25, 0.3) is 0 Å². The van der Waals surface area contributed by atoms with Gasteiger partial charge in [0.15, 0.2) is 11.5 Å². The van der Waals surface area contributed by atoms with E-state index in [1.54, 1.807) is 12.1 Å². The third kappa shape index (κ3) is 1.99. The molecule has 0 aliphatic rings. The molecule has 3 N–H and O–H groups in total. The Morgan fingerprint density at radius 1 is 1.29 bits per heavy atom. The van der Waals surface area contributed by atoms with Crippen LogP contribution in [0.5, 0.6) is 11.5 Å².